The molecule has 33 heavy (non-hydrogen) atoms. The Hall–Kier alpha value is -3.68. The number of hydrogen-bond donors (Lipinski definition) is 1. The van der Waals surface area contributed by atoms with Gasteiger partial charge in [0, 0.05) is 5.69 Å². The highest BCUT2D eigenvalue weighted by molar-refractivity contribution is 6.42. The van der Waals surface area contributed by atoms with E-state index in [1.807, 2.05) is 30.3 Å². The smallest absolute Gasteiger partial charge is 0.338 e. The van der Waals surface area contributed by atoms with E-state index in [4.69, 9.17) is 27.9 Å². The number of nitrogens with one attached hydrogen (secondary N) is 1. The largest absolute Gasteiger partial charge is 0.452 e. The van der Waals surface area contributed by atoms with E-state index in [2.05, 4.69) is 5.32 Å². The van der Waals surface area contributed by atoms with Crippen molar-refractivity contribution in [2.45, 2.75) is 6.54 Å². The van der Waals surface area contributed by atoms with Crippen LogP contribution >= 0.6 is 23.2 Å². The van der Waals surface area contributed by atoms with Gasteiger partial charge in [0.15, 0.2) is 6.61 Å². The highest BCUT2D eigenvalue weighted by Gasteiger charge is 2.36. The number of hydrogen-bond acceptors (Lipinski definition) is 5. The molecule has 7 nitrogen and oxygen atoms in total. The zero-order valence-corrected chi connectivity index (χ0v) is 18.5. The highest BCUT2D eigenvalue weighted by Crippen LogP contribution is 2.26. The Morgan fingerprint density at radius 2 is 1.58 bits per heavy atom. The van der Waals surface area contributed by atoms with E-state index in [1.165, 1.54) is 30.3 Å². The van der Waals surface area contributed by atoms with Crippen molar-refractivity contribution >= 4 is 52.6 Å². The lowest BCUT2D eigenvalue weighted by atomic mass is 10.1. The normalized spacial score (nSPS) is 12.5. The van der Waals surface area contributed by atoms with E-state index in [9.17, 15) is 19.2 Å². The molecule has 0 saturated carbocycles. The molecule has 0 radical (unpaired) electrons. The van der Waals surface area contributed by atoms with Crippen LogP contribution in [0.2, 0.25) is 10.0 Å². The number of carbonyl (C=O) groups is 4. The molecule has 0 bridgehead atoms. The summed E-state index contributed by atoms with van der Waals surface area (Å²) in [5.41, 5.74) is 1.58. The molecule has 3 aromatic carbocycles. The molecular weight excluding hydrogens is 467 g/mol. The van der Waals surface area contributed by atoms with E-state index in [0.29, 0.717) is 10.7 Å². The summed E-state index contributed by atoms with van der Waals surface area (Å²) in [7, 11) is 0. The standard InChI is InChI=1S/C24H16Cl2N2O5/c25-19-9-7-16(11-20(19)26)27-21(29)13-33-24(32)15-6-8-17-18(10-15)23(31)28(22(17)30)12-14-4-2-1-3-5-14/h1-11H,12-13H2,(H,27,29). The predicted molar refractivity (Wildman–Crippen MR) is 122 cm³/mol. The molecule has 0 unspecified atom stereocenters. The fourth-order valence-electron chi connectivity index (χ4n) is 3.31. The van der Waals surface area contributed by atoms with Gasteiger partial charge in [-0.2, -0.15) is 0 Å². The molecule has 166 valence electrons. The van der Waals surface area contributed by atoms with Gasteiger partial charge < -0.3 is 10.1 Å². The first-order valence-corrected chi connectivity index (χ1v) is 10.6. The van der Waals surface area contributed by atoms with Crippen LogP contribution in [0.5, 0.6) is 0 Å². The lowest BCUT2D eigenvalue weighted by molar-refractivity contribution is -0.119. The fraction of sp³-hybridized carbons (Fsp3) is 0.0833. The van der Waals surface area contributed by atoms with Crippen LogP contribution in [0.1, 0.15) is 36.6 Å². The molecule has 1 aliphatic rings. The maximum Gasteiger partial charge on any atom is 0.338 e. The summed E-state index contributed by atoms with van der Waals surface area (Å²) in [5.74, 6) is -2.31. The quantitative estimate of drug-likeness (QED) is 0.409. The minimum atomic E-state index is -0.802. The van der Waals surface area contributed by atoms with Crippen LogP contribution in [0, 0.1) is 0 Å². The summed E-state index contributed by atoms with van der Waals surface area (Å²) in [4.78, 5) is 51.0. The highest BCUT2D eigenvalue weighted by atomic mass is 35.5. The van der Waals surface area contributed by atoms with Crippen molar-refractivity contribution in [2.24, 2.45) is 0 Å². The fourth-order valence-corrected chi connectivity index (χ4v) is 3.61. The third-order valence-electron chi connectivity index (χ3n) is 4.93. The van der Waals surface area contributed by atoms with Gasteiger partial charge in [0.25, 0.3) is 17.7 Å². The number of esters is 1. The molecule has 4 rings (SSSR count). The van der Waals surface area contributed by atoms with Crippen LogP contribution < -0.4 is 5.32 Å². The first-order valence-electron chi connectivity index (χ1n) is 9.79. The van der Waals surface area contributed by atoms with Gasteiger partial charge in [0.05, 0.1) is 33.3 Å². The molecule has 0 spiro atoms. The number of halogens is 2. The number of nitrogens with zero attached hydrogens (tertiary/aromatic N) is 1. The molecule has 0 aliphatic carbocycles. The summed E-state index contributed by atoms with van der Waals surface area (Å²) in [6, 6.07) is 17.8. The number of rotatable bonds is 6. The maximum atomic E-state index is 12.8. The number of ether oxygens (including phenoxy) is 1. The van der Waals surface area contributed by atoms with Gasteiger partial charge in [-0.3, -0.25) is 19.3 Å². The topological polar surface area (TPSA) is 92.8 Å². The van der Waals surface area contributed by atoms with Crippen molar-refractivity contribution in [1.82, 2.24) is 4.90 Å². The van der Waals surface area contributed by atoms with E-state index in [1.54, 1.807) is 6.07 Å². The van der Waals surface area contributed by atoms with Crippen molar-refractivity contribution in [3.63, 3.8) is 0 Å². The predicted octanol–water partition coefficient (Wildman–Crippen LogP) is 4.59. The van der Waals surface area contributed by atoms with Crippen LogP contribution in [-0.4, -0.2) is 35.2 Å². The molecule has 1 aliphatic heterocycles. The summed E-state index contributed by atoms with van der Waals surface area (Å²) < 4.78 is 5.04. The van der Waals surface area contributed by atoms with Crippen molar-refractivity contribution in [3.8, 4) is 0 Å². The average molecular weight is 483 g/mol. The van der Waals surface area contributed by atoms with Gasteiger partial charge >= 0.3 is 5.97 Å². The molecule has 0 fully saturated rings. The Bertz CT molecular complexity index is 1280. The molecule has 3 amide bonds. The summed E-state index contributed by atoms with van der Waals surface area (Å²) in [6.45, 7) is -0.426. The zero-order chi connectivity index (χ0) is 23.5. The van der Waals surface area contributed by atoms with Gasteiger partial charge in [-0.15, -0.1) is 0 Å². The van der Waals surface area contributed by atoms with Crippen molar-refractivity contribution in [2.75, 3.05) is 11.9 Å². The molecule has 0 saturated heterocycles. The first kappa shape index (κ1) is 22.5. The summed E-state index contributed by atoms with van der Waals surface area (Å²) >= 11 is 11.7. The Kier molecular flexibility index (Phi) is 6.44. The van der Waals surface area contributed by atoms with Crippen molar-refractivity contribution in [3.05, 3.63) is 99.0 Å². The average Bonchev–Trinajstić information content (AvgIpc) is 3.05. The zero-order valence-electron chi connectivity index (χ0n) is 17.0. The Morgan fingerprint density at radius 3 is 2.30 bits per heavy atom. The van der Waals surface area contributed by atoms with Gasteiger partial charge in [-0.1, -0.05) is 53.5 Å². The van der Waals surface area contributed by atoms with E-state index in [0.717, 1.165) is 10.5 Å². The molecule has 3 aromatic rings. The van der Waals surface area contributed by atoms with Gasteiger partial charge in [0.1, 0.15) is 0 Å². The molecule has 0 aromatic heterocycles. The van der Waals surface area contributed by atoms with Crippen molar-refractivity contribution < 1.29 is 23.9 Å². The van der Waals surface area contributed by atoms with Crippen LogP contribution in [-0.2, 0) is 16.1 Å². The summed E-state index contributed by atoms with van der Waals surface area (Å²) in [6.07, 6.45) is 0. The van der Waals surface area contributed by atoms with E-state index >= 15 is 0 Å². The number of anilines is 1. The minimum Gasteiger partial charge on any atom is -0.452 e. The van der Waals surface area contributed by atoms with Gasteiger partial charge in [0.2, 0.25) is 0 Å². The second-order valence-corrected chi connectivity index (χ2v) is 8.01. The van der Waals surface area contributed by atoms with Crippen LogP contribution in [0.15, 0.2) is 66.7 Å². The monoisotopic (exact) mass is 482 g/mol. The lowest BCUT2D eigenvalue weighted by Crippen LogP contribution is -2.29. The second-order valence-electron chi connectivity index (χ2n) is 7.20. The Morgan fingerprint density at radius 1 is 0.848 bits per heavy atom. The minimum absolute atomic E-state index is 0.0544. The molecular formula is C24H16Cl2N2O5. The Balaban J connectivity index is 1.40. The van der Waals surface area contributed by atoms with Gasteiger partial charge in [-0.05, 0) is 42.0 Å². The number of benzene rings is 3. The molecule has 1 heterocycles. The van der Waals surface area contributed by atoms with Crippen LogP contribution in [0.4, 0.5) is 5.69 Å². The van der Waals surface area contributed by atoms with Crippen LogP contribution in [0.3, 0.4) is 0 Å². The van der Waals surface area contributed by atoms with Crippen LogP contribution in [0.25, 0.3) is 0 Å². The van der Waals surface area contributed by atoms with Crippen molar-refractivity contribution in [1.29, 1.82) is 0 Å². The first-order chi connectivity index (χ1) is 15.8. The Labute approximate surface area is 198 Å². The van der Waals surface area contributed by atoms with E-state index in [-0.39, 0.29) is 28.3 Å². The number of imide groups is 1. The molecule has 1 N–H and O–H groups in total. The number of amides is 3. The third kappa shape index (κ3) is 4.89. The molecule has 0 atom stereocenters. The maximum absolute atomic E-state index is 12.8. The number of fused-ring (bicyclic) bond motifs is 1. The second kappa shape index (κ2) is 9.44. The molecule has 9 heteroatoms. The summed E-state index contributed by atoms with van der Waals surface area (Å²) in [5, 5.41) is 3.15. The van der Waals surface area contributed by atoms with Gasteiger partial charge in [-0.25, -0.2) is 4.79 Å². The SMILES string of the molecule is O=C(COC(=O)c1ccc2c(c1)C(=O)N(Cc1ccccc1)C2=O)Nc1ccc(Cl)c(Cl)c1. The lowest BCUT2D eigenvalue weighted by Gasteiger charge is -2.13. The third-order valence-corrected chi connectivity index (χ3v) is 5.67. The number of carbonyl (C=O) groups excluding carboxylic acids is 4. The van der Waals surface area contributed by atoms with E-state index < -0.39 is 30.3 Å².